The van der Waals surface area contributed by atoms with E-state index >= 15 is 0 Å². The molecule has 1 atom stereocenters. The Labute approximate surface area is 143 Å². The van der Waals surface area contributed by atoms with Crippen molar-refractivity contribution in [2.45, 2.75) is 25.9 Å². The number of phenols is 1. The largest absolute Gasteiger partial charge is 0.504 e. The Hall–Kier alpha value is -2.62. The molecule has 4 heteroatoms. The second-order valence-electron chi connectivity index (χ2n) is 5.62. The van der Waals surface area contributed by atoms with E-state index in [9.17, 15) is 5.11 Å². The molecule has 0 saturated heterocycles. The molecule has 0 heterocycles. The number of aromatic hydroxyl groups is 1. The third-order valence-electron chi connectivity index (χ3n) is 3.70. The zero-order chi connectivity index (χ0) is 17.5. The third-order valence-corrected chi connectivity index (χ3v) is 3.70. The molecule has 24 heavy (non-hydrogen) atoms. The SMILES string of the molecule is C=CCc1ccc(O[C@@H](C)Cc2ccc(O)c(OC)c2)c(OC)c1. The summed E-state index contributed by atoms with van der Waals surface area (Å²) in [5.41, 5.74) is 2.16. The fourth-order valence-electron chi connectivity index (χ4n) is 2.54. The highest BCUT2D eigenvalue weighted by Crippen LogP contribution is 2.31. The monoisotopic (exact) mass is 328 g/mol. The molecule has 0 amide bonds. The number of hydrogen-bond donors (Lipinski definition) is 1. The summed E-state index contributed by atoms with van der Waals surface area (Å²) in [7, 11) is 3.17. The summed E-state index contributed by atoms with van der Waals surface area (Å²) in [6, 6.07) is 11.2. The summed E-state index contributed by atoms with van der Waals surface area (Å²) < 4.78 is 16.6. The van der Waals surface area contributed by atoms with Crippen LogP contribution < -0.4 is 14.2 Å². The average Bonchev–Trinajstić information content (AvgIpc) is 2.58. The standard InChI is InChI=1S/C20H24O4/c1-5-6-15-8-10-18(20(12-15)23-4)24-14(2)11-16-7-9-17(21)19(13-16)22-3/h5,7-10,12-14,21H,1,6,11H2,2-4H3/t14-/m0/s1. The van der Waals surface area contributed by atoms with Crippen LogP contribution in [0.4, 0.5) is 0 Å². The molecule has 0 saturated carbocycles. The van der Waals surface area contributed by atoms with E-state index < -0.39 is 0 Å². The maximum Gasteiger partial charge on any atom is 0.161 e. The summed E-state index contributed by atoms with van der Waals surface area (Å²) in [6.45, 7) is 5.75. The van der Waals surface area contributed by atoms with Crippen LogP contribution in [0.25, 0.3) is 0 Å². The number of ether oxygens (including phenoxy) is 3. The van der Waals surface area contributed by atoms with Crippen molar-refractivity contribution in [1.29, 1.82) is 0 Å². The van der Waals surface area contributed by atoms with Crippen LogP contribution in [0, 0.1) is 0 Å². The van der Waals surface area contributed by atoms with Gasteiger partial charge in [-0.3, -0.25) is 0 Å². The van der Waals surface area contributed by atoms with Gasteiger partial charge in [0.2, 0.25) is 0 Å². The Kier molecular flexibility index (Phi) is 6.13. The molecule has 0 aliphatic heterocycles. The van der Waals surface area contributed by atoms with Gasteiger partial charge in [-0.25, -0.2) is 0 Å². The topological polar surface area (TPSA) is 47.9 Å². The molecule has 0 unspecified atom stereocenters. The van der Waals surface area contributed by atoms with Crippen LogP contribution >= 0.6 is 0 Å². The number of methoxy groups -OCH3 is 2. The van der Waals surface area contributed by atoms with Crippen molar-refractivity contribution in [2.24, 2.45) is 0 Å². The molecule has 0 aliphatic rings. The van der Waals surface area contributed by atoms with E-state index in [1.54, 1.807) is 13.2 Å². The zero-order valence-electron chi connectivity index (χ0n) is 14.4. The number of hydrogen-bond acceptors (Lipinski definition) is 4. The fraction of sp³-hybridized carbons (Fsp3) is 0.300. The molecule has 2 rings (SSSR count). The first kappa shape index (κ1) is 17.7. The summed E-state index contributed by atoms with van der Waals surface area (Å²) in [5.74, 6) is 2.02. The molecule has 0 aromatic heterocycles. The van der Waals surface area contributed by atoms with E-state index in [1.807, 2.05) is 43.3 Å². The predicted octanol–water partition coefficient (Wildman–Crippen LogP) is 4.15. The molecule has 128 valence electrons. The second-order valence-corrected chi connectivity index (χ2v) is 5.62. The van der Waals surface area contributed by atoms with E-state index in [2.05, 4.69) is 6.58 Å². The van der Waals surface area contributed by atoms with Crippen molar-refractivity contribution in [2.75, 3.05) is 14.2 Å². The van der Waals surface area contributed by atoms with Gasteiger partial charge in [-0.15, -0.1) is 6.58 Å². The molecule has 2 aromatic carbocycles. The van der Waals surface area contributed by atoms with Crippen molar-refractivity contribution in [3.63, 3.8) is 0 Å². The van der Waals surface area contributed by atoms with Gasteiger partial charge in [-0.2, -0.15) is 0 Å². The van der Waals surface area contributed by atoms with Crippen LogP contribution in [0.5, 0.6) is 23.0 Å². The maximum atomic E-state index is 9.66. The smallest absolute Gasteiger partial charge is 0.161 e. The molecular weight excluding hydrogens is 304 g/mol. The van der Waals surface area contributed by atoms with Gasteiger partial charge in [-0.05, 0) is 48.7 Å². The maximum absolute atomic E-state index is 9.66. The van der Waals surface area contributed by atoms with Crippen molar-refractivity contribution < 1.29 is 19.3 Å². The van der Waals surface area contributed by atoms with E-state index in [1.165, 1.54) is 7.11 Å². The number of rotatable bonds is 8. The highest BCUT2D eigenvalue weighted by Gasteiger charge is 2.12. The molecule has 1 N–H and O–H groups in total. The minimum atomic E-state index is -0.0570. The number of benzene rings is 2. The van der Waals surface area contributed by atoms with Crippen molar-refractivity contribution >= 4 is 0 Å². The van der Waals surface area contributed by atoms with Crippen LogP contribution in [0.15, 0.2) is 49.1 Å². The van der Waals surface area contributed by atoms with Crippen LogP contribution in [0.2, 0.25) is 0 Å². The van der Waals surface area contributed by atoms with E-state index in [0.717, 1.165) is 17.5 Å². The zero-order valence-corrected chi connectivity index (χ0v) is 14.4. The first-order valence-electron chi connectivity index (χ1n) is 7.87. The Morgan fingerprint density at radius 3 is 2.33 bits per heavy atom. The minimum absolute atomic E-state index is 0.0570. The van der Waals surface area contributed by atoms with Gasteiger partial charge in [0, 0.05) is 6.42 Å². The normalized spacial score (nSPS) is 11.6. The Bertz CT molecular complexity index is 694. The molecule has 0 spiro atoms. The van der Waals surface area contributed by atoms with E-state index in [4.69, 9.17) is 14.2 Å². The summed E-state index contributed by atoms with van der Waals surface area (Å²) in [5, 5.41) is 9.66. The average molecular weight is 328 g/mol. The highest BCUT2D eigenvalue weighted by molar-refractivity contribution is 5.44. The Morgan fingerprint density at radius 2 is 1.67 bits per heavy atom. The quantitative estimate of drug-likeness (QED) is 0.740. The fourth-order valence-corrected chi connectivity index (χ4v) is 2.54. The van der Waals surface area contributed by atoms with E-state index in [0.29, 0.717) is 23.7 Å². The predicted molar refractivity (Wildman–Crippen MR) is 95.3 cm³/mol. The molecular formula is C20H24O4. The van der Waals surface area contributed by atoms with Gasteiger partial charge in [0.15, 0.2) is 23.0 Å². The number of phenolic OH excluding ortho intramolecular Hbond substituents is 1. The lowest BCUT2D eigenvalue weighted by Gasteiger charge is -2.18. The first-order chi connectivity index (χ1) is 11.6. The molecule has 0 aliphatic carbocycles. The Balaban J connectivity index is 2.09. The van der Waals surface area contributed by atoms with Crippen LogP contribution in [0.1, 0.15) is 18.1 Å². The lowest BCUT2D eigenvalue weighted by atomic mass is 10.1. The molecule has 4 nitrogen and oxygen atoms in total. The van der Waals surface area contributed by atoms with Crippen LogP contribution in [-0.4, -0.2) is 25.4 Å². The minimum Gasteiger partial charge on any atom is -0.504 e. The van der Waals surface area contributed by atoms with Crippen LogP contribution in [-0.2, 0) is 12.8 Å². The second kappa shape index (κ2) is 8.29. The van der Waals surface area contributed by atoms with Crippen molar-refractivity contribution in [3.05, 3.63) is 60.2 Å². The van der Waals surface area contributed by atoms with Gasteiger partial charge in [0.25, 0.3) is 0 Å². The summed E-state index contributed by atoms with van der Waals surface area (Å²) >= 11 is 0. The van der Waals surface area contributed by atoms with Gasteiger partial charge < -0.3 is 19.3 Å². The lowest BCUT2D eigenvalue weighted by molar-refractivity contribution is 0.211. The van der Waals surface area contributed by atoms with Gasteiger partial charge in [0.1, 0.15) is 6.10 Å². The highest BCUT2D eigenvalue weighted by atomic mass is 16.5. The van der Waals surface area contributed by atoms with Crippen molar-refractivity contribution in [3.8, 4) is 23.0 Å². The molecule has 0 radical (unpaired) electrons. The van der Waals surface area contributed by atoms with Gasteiger partial charge in [0.05, 0.1) is 14.2 Å². The molecule has 2 aromatic rings. The molecule has 0 bridgehead atoms. The van der Waals surface area contributed by atoms with Crippen LogP contribution in [0.3, 0.4) is 0 Å². The van der Waals surface area contributed by atoms with Gasteiger partial charge in [-0.1, -0.05) is 18.2 Å². The summed E-state index contributed by atoms with van der Waals surface area (Å²) in [4.78, 5) is 0. The third kappa shape index (κ3) is 4.44. The lowest BCUT2D eigenvalue weighted by Crippen LogP contribution is -2.15. The van der Waals surface area contributed by atoms with Crippen molar-refractivity contribution in [1.82, 2.24) is 0 Å². The molecule has 0 fully saturated rings. The van der Waals surface area contributed by atoms with Gasteiger partial charge >= 0.3 is 0 Å². The summed E-state index contributed by atoms with van der Waals surface area (Å²) in [6.07, 6.45) is 3.28. The first-order valence-corrected chi connectivity index (χ1v) is 7.87. The van der Waals surface area contributed by atoms with E-state index in [-0.39, 0.29) is 11.9 Å². The number of allylic oxidation sites excluding steroid dienone is 1. The Morgan fingerprint density at radius 1 is 1.00 bits per heavy atom.